The molecule has 7 heteroatoms. The van der Waals surface area contributed by atoms with Gasteiger partial charge < -0.3 is 19.1 Å². The smallest absolute Gasteiger partial charge is 0.226 e. The lowest BCUT2D eigenvalue weighted by Gasteiger charge is -2.29. The van der Waals surface area contributed by atoms with E-state index in [0.29, 0.717) is 55.3 Å². The van der Waals surface area contributed by atoms with E-state index in [0.717, 1.165) is 17.5 Å². The third-order valence-electron chi connectivity index (χ3n) is 5.50. The van der Waals surface area contributed by atoms with E-state index in [1.165, 1.54) is 0 Å². The van der Waals surface area contributed by atoms with Gasteiger partial charge in [0.1, 0.15) is 6.23 Å². The van der Waals surface area contributed by atoms with Crippen molar-refractivity contribution < 1.29 is 19.0 Å². The third kappa shape index (κ3) is 7.10. The Morgan fingerprint density at radius 2 is 1.88 bits per heavy atom. The van der Waals surface area contributed by atoms with Crippen LogP contribution in [0.4, 0.5) is 0 Å². The van der Waals surface area contributed by atoms with Crippen LogP contribution in [0.5, 0.6) is 11.5 Å². The number of carbonyl (C=O) groups is 1. The molecule has 2 aromatic carbocycles. The zero-order valence-corrected chi connectivity index (χ0v) is 20.7. The number of nitrogens with zero attached hydrogens (tertiary/aromatic N) is 1. The van der Waals surface area contributed by atoms with Gasteiger partial charge in [-0.2, -0.15) is 0 Å². The average Bonchev–Trinajstić information content (AvgIpc) is 3.05. The Hall–Kier alpha value is -2.28. The van der Waals surface area contributed by atoms with Crippen LogP contribution in [-0.4, -0.2) is 44.2 Å². The molecule has 2 atom stereocenters. The maximum atomic E-state index is 13.4. The molecular formula is C26H35ClN2O4. The molecule has 0 spiro atoms. The highest BCUT2D eigenvalue weighted by Crippen LogP contribution is 2.38. The van der Waals surface area contributed by atoms with Crippen LogP contribution in [0.15, 0.2) is 42.5 Å². The lowest BCUT2D eigenvalue weighted by molar-refractivity contribution is -0.136. The normalized spacial score (nSPS) is 15.1. The fourth-order valence-electron chi connectivity index (χ4n) is 3.92. The van der Waals surface area contributed by atoms with E-state index in [4.69, 9.17) is 25.8 Å². The molecule has 0 aromatic heterocycles. The van der Waals surface area contributed by atoms with Crippen LogP contribution < -0.4 is 14.8 Å². The summed E-state index contributed by atoms with van der Waals surface area (Å²) in [4.78, 5) is 15.3. The molecule has 3 rings (SSSR count). The molecule has 33 heavy (non-hydrogen) atoms. The minimum atomic E-state index is -0.263. The highest BCUT2D eigenvalue weighted by Gasteiger charge is 2.24. The van der Waals surface area contributed by atoms with Crippen molar-refractivity contribution in [2.24, 2.45) is 11.8 Å². The summed E-state index contributed by atoms with van der Waals surface area (Å²) in [6, 6.07) is 13.7. The quantitative estimate of drug-likeness (QED) is 0.488. The first-order valence-corrected chi connectivity index (χ1v) is 11.9. The number of amides is 1. The number of rotatable bonds is 10. The van der Waals surface area contributed by atoms with Gasteiger partial charge in [-0.15, -0.1) is 0 Å². The Bertz CT molecular complexity index is 907. The Morgan fingerprint density at radius 1 is 1.15 bits per heavy atom. The van der Waals surface area contributed by atoms with Crippen molar-refractivity contribution in [3.05, 3.63) is 58.6 Å². The Labute approximate surface area is 202 Å². The summed E-state index contributed by atoms with van der Waals surface area (Å²) in [7, 11) is 1.66. The predicted octanol–water partition coefficient (Wildman–Crippen LogP) is 5.06. The van der Waals surface area contributed by atoms with Crippen molar-refractivity contribution in [3.8, 4) is 11.5 Å². The van der Waals surface area contributed by atoms with Gasteiger partial charge in [-0.25, -0.2) is 0 Å². The summed E-state index contributed by atoms with van der Waals surface area (Å²) in [5.41, 5.74) is 1.96. The van der Waals surface area contributed by atoms with E-state index < -0.39 is 0 Å². The Balaban J connectivity index is 1.69. The van der Waals surface area contributed by atoms with Gasteiger partial charge >= 0.3 is 0 Å². The lowest BCUT2D eigenvalue weighted by Crippen LogP contribution is -2.41. The summed E-state index contributed by atoms with van der Waals surface area (Å²) in [6.07, 6.45) is 0.550. The van der Waals surface area contributed by atoms with Crippen molar-refractivity contribution in [1.82, 2.24) is 10.2 Å². The third-order valence-corrected chi connectivity index (χ3v) is 5.78. The Kier molecular flexibility index (Phi) is 9.41. The van der Waals surface area contributed by atoms with Crippen molar-refractivity contribution in [3.63, 3.8) is 0 Å². The molecule has 1 heterocycles. The fourth-order valence-corrected chi connectivity index (χ4v) is 4.20. The van der Waals surface area contributed by atoms with Gasteiger partial charge in [0.25, 0.3) is 0 Å². The van der Waals surface area contributed by atoms with Crippen LogP contribution in [0.2, 0.25) is 5.02 Å². The van der Waals surface area contributed by atoms with Crippen molar-refractivity contribution in [2.45, 2.75) is 40.0 Å². The second kappa shape index (κ2) is 12.3. The number of hydrogen-bond acceptors (Lipinski definition) is 5. The predicted molar refractivity (Wildman–Crippen MR) is 131 cm³/mol. The number of fused-ring (bicyclic) bond motifs is 1. The van der Waals surface area contributed by atoms with Gasteiger partial charge in [0, 0.05) is 39.1 Å². The van der Waals surface area contributed by atoms with Crippen molar-refractivity contribution >= 4 is 17.5 Å². The molecular weight excluding hydrogens is 440 g/mol. The first-order valence-electron chi connectivity index (χ1n) is 11.6. The number of nitrogens with one attached hydrogen (secondary N) is 1. The van der Waals surface area contributed by atoms with Gasteiger partial charge in [0.2, 0.25) is 5.91 Å². The maximum Gasteiger partial charge on any atom is 0.226 e. The van der Waals surface area contributed by atoms with Crippen LogP contribution >= 0.6 is 11.6 Å². The molecule has 1 N–H and O–H groups in total. The van der Waals surface area contributed by atoms with E-state index in [2.05, 4.69) is 19.2 Å². The molecule has 2 aromatic rings. The number of hydrogen-bond donors (Lipinski definition) is 1. The van der Waals surface area contributed by atoms with Crippen molar-refractivity contribution in [2.75, 3.05) is 33.4 Å². The molecule has 1 amide bonds. The summed E-state index contributed by atoms with van der Waals surface area (Å²) >= 11 is 6.48. The number of ether oxygens (including phenoxy) is 3. The minimum absolute atomic E-state index is 0.0855. The van der Waals surface area contributed by atoms with Gasteiger partial charge in [0.05, 0.1) is 18.2 Å². The molecule has 1 unspecified atom stereocenters. The van der Waals surface area contributed by atoms with Crippen molar-refractivity contribution in [1.29, 1.82) is 0 Å². The molecule has 0 saturated heterocycles. The van der Waals surface area contributed by atoms with Crippen LogP contribution in [-0.2, 0) is 16.1 Å². The van der Waals surface area contributed by atoms with Crippen LogP contribution in [0.3, 0.4) is 0 Å². The summed E-state index contributed by atoms with van der Waals surface area (Å²) in [5.74, 6) is 1.43. The molecule has 1 aliphatic rings. The van der Waals surface area contributed by atoms with Crippen LogP contribution in [0.1, 0.15) is 44.5 Å². The van der Waals surface area contributed by atoms with Gasteiger partial charge in [-0.3, -0.25) is 10.1 Å². The molecule has 0 saturated carbocycles. The molecule has 1 aliphatic heterocycles. The molecule has 0 bridgehead atoms. The van der Waals surface area contributed by atoms with Crippen LogP contribution in [0.25, 0.3) is 0 Å². The maximum absolute atomic E-state index is 13.4. The van der Waals surface area contributed by atoms with Gasteiger partial charge in [0.15, 0.2) is 11.5 Å². The largest absolute Gasteiger partial charge is 0.489 e. The van der Waals surface area contributed by atoms with Gasteiger partial charge in [-0.05, 0) is 29.2 Å². The lowest BCUT2D eigenvalue weighted by atomic mass is 10.1. The van der Waals surface area contributed by atoms with E-state index in [9.17, 15) is 4.79 Å². The topological polar surface area (TPSA) is 60.0 Å². The van der Waals surface area contributed by atoms with Gasteiger partial charge in [-0.1, -0.05) is 62.7 Å². The molecule has 0 radical (unpaired) electrons. The summed E-state index contributed by atoms with van der Waals surface area (Å²) in [6.45, 7) is 8.96. The standard InChI is InChI=1S/C26H35ClN2O4/c1-18(2)16-29(17-20-13-22(27)24-23(14-20)32-11-8-12-33-24)26(30)19(3)15-28-25(31-4)21-9-6-5-7-10-21/h5-7,9-10,13-14,18-19,25,28H,8,11-12,15-17H2,1-4H3/t19-,25?/m1/s1. The summed E-state index contributed by atoms with van der Waals surface area (Å²) < 4.78 is 17.1. The minimum Gasteiger partial charge on any atom is -0.489 e. The molecule has 180 valence electrons. The van der Waals surface area contributed by atoms with E-state index in [-0.39, 0.29) is 18.1 Å². The second-order valence-corrected chi connectivity index (χ2v) is 9.31. The zero-order valence-electron chi connectivity index (χ0n) is 20.0. The number of halogens is 1. The number of benzene rings is 2. The first-order chi connectivity index (χ1) is 15.9. The average molecular weight is 475 g/mol. The van der Waals surface area contributed by atoms with Crippen LogP contribution in [0, 0.1) is 11.8 Å². The molecule has 0 aliphatic carbocycles. The van der Waals surface area contributed by atoms with E-state index >= 15 is 0 Å². The fraction of sp³-hybridized carbons (Fsp3) is 0.500. The Morgan fingerprint density at radius 3 is 2.58 bits per heavy atom. The number of carbonyl (C=O) groups excluding carboxylic acids is 1. The molecule has 6 nitrogen and oxygen atoms in total. The van der Waals surface area contributed by atoms with E-state index in [1.807, 2.05) is 54.3 Å². The second-order valence-electron chi connectivity index (χ2n) is 8.90. The summed E-state index contributed by atoms with van der Waals surface area (Å²) in [5, 5.41) is 3.88. The zero-order chi connectivity index (χ0) is 23.8. The monoisotopic (exact) mass is 474 g/mol. The highest BCUT2D eigenvalue weighted by atomic mass is 35.5. The molecule has 0 fully saturated rings. The highest BCUT2D eigenvalue weighted by molar-refractivity contribution is 6.32. The first kappa shape index (κ1) is 25.3. The SMILES string of the molecule is COC(NC[C@@H](C)C(=O)N(Cc1cc(Cl)c2c(c1)OCCCO2)CC(C)C)c1ccccc1. The van der Waals surface area contributed by atoms with E-state index in [1.54, 1.807) is 7.11 Å². The number of methoxy groups -OCH3 is 1.